The summed E-state index contributed by atoms with van der Waals surface area (Å²) >= 11 is 0. The maximum absolute atomic E-state index is 13.0. The van der Waals surface area contributed by atoms with Crippen molar-refractivity contribution in [1.29, 1.82) is 0 Å². The van der Waals surface area contributed by atoms with Gasteiger partial charge in [0.2, 0.25) is 10.0 Å². The number of methoxy groups -OCH3 is 1. The molecule has 6 heteroatoms. The van der Waals surface area contributed by atoms with E-state index in [1.807, 2.05) is 24.3 Å². The van der Waals surface area contributed by atoms with Crippen molar-refractivity contribution in [3.05, 3.63) is 66.0 Å². The van der Waals surface area contributed by atoms with Gasteiger partial charge in [-0.1, -0.05) is 24.3 Å². The highest BCUT2D eigenvalue weighted by Gasteiger charge is 2.29. The van der Waals surface area contributed by atoms with Crippen molar-refractivity contribution in [2.45, 2.75) is 23.8 Å². The summed E-state index contributed by atoms with van der Waals surface area (Å²) < 4.78 is 34.3. The van der Waals surface area contributed by atoms with E-state index < -0.39 is 10.0 Å². The molecule has 0 saturated heterocycles. The summed E-state index contributed by atoms with van der Waals surface area (Å²) in [4.78, 5) is 4.34. The molecule has 1 aliphatic rings. The molecule has 0 amide bonds. The van der Waals surface area contributed by atoms with Crippen LogP contribution in [-0.4, -0.2) is 20.5 Å². The van der Waals surface area contributed by atoms with Crippen LogP contribution in [0.1, 0.15) is 23.6 Å². The number of benzene rings is 2. The minimum atomic E-state index is -3.65. The number of fused-ring (bicyclic) bond motifs is 2. The molecule has 0 fully saturated rings. The molecule has 4 rings (SSSR count). The molecule has 0 radical (unpaired) electrons. The Kier molecular flexibility index (Phi) is 3.94. The molecule has 25 heavy (non-hydrogen) atoms. The minimum Gasteiger partial charge on any atom is -0.496 e. The molecule has 1 heterocycles. The average Bonchev–Trinajstić information content (AvgIpc) is 3.03. The fraction of sp³-hybridized carbons (Fsp3) is 0.211. The lowest BCUT2D eigenvalue weighted by Crippen LogP contribution is -2.27. The Hall–Kier alpha value is -2.44. The van der Waals surface area contributed by atoms with E-state index in [1.54, 1.807) is 37.7 Å². The Morgan fingerprint density at radius 2 is 2.00 bits per heavy atom. The van der Waals surface area contributed by atoms with Gasteiger partial charge in [0.05, 0.1) is 12.0 Å². The molecule has 1 aliphatic carbocycles. The van der Waals surface area contributed by atoms with Gasteiger partial charge in [0.1, 0.15) is 5.75 Å². The van der Waals surface area contributed by atoms with Crippen molar-refractivity contribution in [3.8, 4) is 5.75 Å². The summed E-state index contributed by atoms with van der Waals surface area (Å²) in [6, 6.07) is 12.5. The van der Waals surface area contributed by atoms with Gasteiger partial charge in [0.15, 0.2) is 0 Å². The first kappa shape index (κ1) is 16.1. The highest BCUT2D eigenvalue weighted by Crippen LogP contribution is 2.37. The van der Waals surface area contributed by atoms with Gasteiger partial charge in [-0.15, -0.1) is 0 Å². The van der Waals surface area contributed by atoms with Crippen molar-refractivity contribution in [3.63, 3.8) is 0 Å². The number of pyridine rings is 1. The average molecular weight is 354 g/mol. The molecule has 128 valence electrons. The molecule has 0 unspecified atom stereocenters. The summed E-state index contributed by atoms with van der Waals surface area (Å²) in [5.74, 6) is 0.815. The normalized spacial score (nSPS) is 16.8. The van der Waals surface area contributed by atoms with E-state index in [1.165, 1.54) is 0 Å². The Balaban J connectivity index is 1.72. The van der Waals surface area contributed by atoms with E-state index in [0.717, 1.165) is 35.1 Å². The second kappa shape index (κ2) is 6.13. The monoisotopic (exact) mass is 354 g/mol. The fourth-order valence-electron chi connectivity index (χ4n) is 3.51. The Morgan fingerprint density at radius 1 is 1.16 bits per heavy atom. The van der Waals surface area contributed by atoms with Crippen LogP contribution >= 0.6 is 0 Å². The van der Waals surface area contributed by atoms with Gasteiger partial charge in [-0.25, -0.2) is 13.1 Å². The third-order valence-electron chi connectivity index (χ3n) is 4.68. The highest BCUT2D eigenvalue weighted by atomic mass is 32.2. The number of ether oxygens (including phenoxy) is 1. The Bertz CT molecular complexity index is 1040. The van der Waals surface area contributed by atoms with E-state index >= 15 is 0 Å². The zero-order valence-corrected chi connectivity index (χ0v) is 14.6. The largest absolute Gasteiger partial charge is 0.496 e. The van der Waals surface area contributed by atoms with Crippen LogP contribution in [0, 0.1) is 0 Å². The molecule has 1 N–H and O–H groups in total. The van der Waals surface area contributed by atoms with Crippen LogP contribution in [0.15, 0.2) is 59.8 Å². The maximum Gasteiger partial charge on any atom is 0.241 e. The lowest BCUT2D eigenvalue weighted by Gasteiger charge is -2.16. The lowest BCUT2D eigenvalue weighted by molar-refractivity contribution is 0.410. The number of nitrogens with zero attached hydrogens (tertiary/aromatic N) is 1. The summed E-state index contributed by atoms with van der Waals surface area (Å²) in [7, 11) is -2.02. The molecule has 3 aromatic rings. The van der Waals surface area contributed by atoms with Crippen LogP contribution in [0.5, 0.6) is 5.75 Å². The van der Waals surface area contributed by atoms with Gasteiger partial charge in [-0.2, -0.15) is 0 Å². The van der Waals surface area contributed by atoms with Crippen LogP contribution in [0.2, 0.25) is 0 Å². The predicted molar refractivity (Wildman–Crippen MR) is 96.1 cm³/mol. The molecular weight excluding hydrogens is 336 g/mol. The van der Waals surface area contributed by atoms with Crippen molar-refractivity contribution in [1.82, 2.24) is 9.71 Å². The Labute approximate surface area is 146 Å². The summed E-state index contributed by atoms with van der Waals surface area (Å²) in [5.41, 5.74) is 2.07. The van der Waals surface area contributed by atoms with Gasteiger partial charge < -0.3 is 4.74 Å². The molecule has 1 atom stereocenters. The molecule has 5 nitrogen and oxygen atoms in total. The molecule has 2 aromatic carbocycles. The first-order valence-corrected chi connectivity index (χ1v) is 9.59. The van der Waals surface area contributed by atoms with Gasteiger partial charge in [-0.05, 0) is 42.2 Å². The topological polar surface area (TPSA) is 68.3 Å². The second-order valence-electron chi connectivity index (χ2n) is 6.09. The summed E-state index contributed by atoms with van der Waals surface area (Å²) in [5, 5.41) is 1.48. The van der Waals surface area contributed by atoms with E-state index in [4.69, 9.17) is 4.74 Å². The Morgan fingerprint density at radius 3 is 2.84 bits per heavy atom. The molecule has 0 spiro atoms. The fourth-order valence-corrected chi connectivity index (χ4v) is 4.99. The van der Waals surface area contributed by atoms with Crippen molar-refractivity contribution in [2.24, 2.45) is 0 Å². The van der Waals surface area contributed by atoms with Gasteiger partial charge in [0, 0.05) is 29.2 Å². The van der Waals surface area contributed by atoms with E-state index in [0.29, 0.717) is 5.39 Å². The van der Waals surface area contributed by atoms with Crippen LogP contribution in [0.4, 0.5) is 0 Å². The predicted octanol–water partition coefficient (Wildman–Crippen LogP) is 3.21. The van der Waals surface area contributed by atoms with Crippen molar-refractivity contribution < 1.29 is 13.2 Å². The van der Waals surface area contributed by atoms with Gasteiger partial charge in [-0.3, -0.25) is 4.98 Å². The van der Waals surface area contributed by atoms with Crippen molar-refractivity contribution >= 4 is 20.8 Å². The van der Waals surface area contributed by atoms with Gasteiger partial charge >= 0.3 is 0 Å². The molecule has 0 aliphatic heterocycles. The van der Waals surface area contributed by atoms with Crippen LogP contribution in [0.25, 0.3) is 10.8 Å². The smallest absolute Gasteiger partial charge is 0.241 e. The first-order valence-electron chi connectivity index (χ1n) is 8.11. The minimum absolute atomic E-state index is 0.243. The van der Waals surface area contributed by atoms with E-state index in [2.05, 4.69) is 9.71 Å². The second-order valence-corrected chi connectivity index (χ2v) is 7.78. The third-order valence-corrected chi connectivity index (χ3v) is 6.21. The van der Waals surface area contributed by atoms with E-state index in [-0.39, 0.29) is 10.9 Å². The number of nitrogens with one attached hydrogen (secondary N) is 1. The maximum atomic E-state index is 13.0. The SMILES string of the molecule is COc1cccc2c1CC[C@@H]2NS(=O)(=O)c1cccc2cnccc12. The third kappa shape index (κ3) is 2.77. The van der Waals surface area contributed by atoms with Crippen LogP contribution in [0.3, 0.4) is 0 Å². The number of sulfonamides is 1. The lowest BCUT2D eigenvalue weighted by atomic mass is 10.1. The summed E-state index contributed by atoms with van der Waals surface area (Å²) in [6.45, 7) is 0. The number of aromatic nitrogens is 1. The summed E-state index contributed by atoms with van der Waals surface area (Å²) in [6.07, 6.45) is 4.80. The first-order chi connectivity index (χ1) is 12.1. The molecular formula is C19H18N2O3S. The quantitative estimate of drug-likeness (QED) is 0.781. The standard InChI is InChI=1S/C19H18N2O3S/c1-24-18-6-3-5-15-16(18)8-9-17(15)21-25(22,23)19-7-2-4-13-12-20-11-10-14(13)19/h2-7,10-12,17,21H,8-9H2,1H3/t17-/m0/s1. The highest BCUT2D eigenvalue weighted by molar-refractivity contribution is 7.89. The molecule has 1 aromatic heterocycles. The van der Waals surface area contributed by atoms with Crippen LogP contribution in [-0.2, 0) is 16.4 Å². The van der Waals surface area contributed by atoms with Gasteiger partial charge in [0.25, 0.3) is 0 Å². The number of rotatable bonds is 4. The zero-order valence-electron chi connectivity index (χ0n) is 13.8. The number of hydrogen-bond acceptors (Lipinski definition) is 4. The van der Waals surface area contributed by atoms with E-state index in [9.17, 15) is 8.42 Å². The zero-order chi connectivity index (χ0) is 17.4. The van der Waals surface area contributed by atoms with Crippen LogP contribution < -0.4 is 9.46 Å². The number of hydrogen-bond donors (Lipinski definition) is 1. The molecule has 0 saturated carbocycles. The molecule has 0 bridgehead atoms. The van der Waals surface area contributed by atoms with Crippen molar-refractivity contribution in [2.75, 3.05) is 7.11 Å².